The summed E-state index contributed by atoms with van der Waals surface area (Å²) >= 11 is 1.81. The molecule has 0 radical (unpaired) electrons. The number of thiophene rings is 1. The van der Waals surface area contributed by atoms with Gasteiger partial charge in [0.15, 0.2) is 0 Å². The van der Waals surface area contributed by atoms with Crippen LogP contribution in [0.4, 0.5) is 0 Å². The Balaban J connectivity index is 1.76. The van der Waals surface area contributed by atoms with Gasteiger partial charge in [0.05, 0.1) is 5.60 Å². The zero-order valence-electron chi connectivity index (χ0n) is 12.5. The quantitative estimate of drug-likeness (QED) is 0.928. The fourth-order valence-corrected chi connectivity index (χ4v) is 4.66. The van der Waals surface area contributed by atoms with E-state index in [4.69, 9.17) is 9.47 Å². The van der Waals surface area contributed by atoms with Crippen LogP contribution in [0.15, 0.2) is 10.8 Å². The molecule has 3 rings (SSSR count). The van der Waals surface area contributed by atoms with E-state index in [2.05, 4.69) is 30.0 Å². The molecule has 0 bridgehead atoms. The van der Waals surface area contributed by atoms with Gasteiger partial charge in [-0.25, -0.2) is 0 Å². The van der Waals surface area contributed by atoms with Crippen LogP contribution in [0, 0.1) is 12.8 Å². The first-order valence-corrected chi connectivity index (χ1v) is 8.60. The SMILES string of the molecule is CNC(c1cscc1C)C1CCOC2(CCOCC2)C1. The number of hydrogen-bond donors (Lipinski definition) is 1. The van der Waals surface area contributed by atoms with Crippen LogP contribution in [-0.2, 0) is 9.47 Å². The van der Waals surface area contributed by atoms with E-state index in [9.17, 15) is 0 Å². The van der Waals surface area contributed by atoms with Crippen LogP contribution in [-0.4, -0.2) is 32.5 Å². The molecule has 4 heteroatoms. The lowest BCUT2D eigenvalue weighted by atomic mass is 9.76. The molecule has 20 heavy (non-hydrogen) atoms. The monoisotopic (exact) mass is 295 g/mol. The van der Waals surface area contributed by atoms with Crippen molar-refractivity contribution in [2.24, 2.45) is 5.92 Å². The Labute approximate surface area is 125 Å². The first-order chi connectivity index (χ1) is 9.74. The lowest BCUT2D eigenvalue weighted by Crippen LogP contribution is -2.46. The average Bonchev–Trinajstić information content (AvgIpc) is 2.87. The molecule has 2 aliphatic heterocycles. The Morgan fingerprint density at radius 2 is 2.10 bits per heavy atom. The second-order valence-electron chi connectivity index (χ2n) is 6.17. The minimum Gasteiger partial charge on any atom is -0.381 e. The summed E-state index contributed by atoms with van der Waals surface area (Å²) in [7, 11) is 2.09. The second kappa shape index (κ2) is 6.14. The molecule has 1 aromatic heterocycles. The Hall–Kier alpha value is -0.420. The molecule has 3 heterocycles. The molecule has 2 fully saturated rings. The summed E-state index contributed by atoms with van der Waals surface area (Å²) in [6.07, 6.45) is 4.44. The maximum Gasteiger partial charge on any atom is 0.0729 e. The van der Waals surface area contributed by atoms with Crippen molar-refractivity contribution in [2.45, 2.75) is 44.2 Å². The van der Waals surface area contributed by atoms with E-state index in [1.807, 2.05) is 11.3 Å². The highest BCUT2D eigenvalue weighted by Crippen LogP contribution is 2.42. The molecule has 112 valence electrons. The summed E-state index contributed by atoms with van der Waals surface area (Å²) in [5, 5.41) is 8.12. The van der Waals surface area contributed by atoms with Crippen LogP contribution in [0.3, 0.4) is 0 Å². The first-order valence-electron chi connectivity index (χ1n) is 7.66. The molecule has 0 amide bonds. The lowest BCUT2D eigenvalue weighted by Gasteiger charge is -2.45. The third-order valence-corrected chi connectivity index (χ3v) is 5.83. The number of nitrogens with one attached hydrogen (secondary N) is 1. The van der Waals surface area contributed by atoms with Crippen molar-refractivity contribution in [1.29, 1.82) is 0 Å². The highest BCUT2D eigenvalue weighted by Gasteiger charge is 2.41. The van der Waals surface area contributed by atoms with E-state index in [0.29, 0.717) is 12.0 Å². The average molecular weight is 295 g/mol. The molecule has 0 aromatic carbocycles. The van der Waals surface area contributed by atoms with Gasteiger partial charge in [0.1, 0.15) is 0 Å². The van der Waals surface area contributed by atoms with Crippen molar-refractivity contribution in [3.8, 4) is 0 Å². The number of ether oxygens (including phenoxy) is 2. The minimum atomic E-state index is 0.0835. The number of aryl methyl sites for hydroxylation is 1. The van der Waals surface area contributed by atoms with Crippen LogP contribution >= 0.6 is 11.3 Å². The molecule has 1 N–H and O–H groups in total. The molecule has 0 saturated carbocycles. The summed E-state index contributed by atoms with van der Waals surface area (Å²) < 4.78 is 11.7. The van der Waals surface area contributed by atoms with Crippen LogP contribution in [0.25, 0.3) is 0 Å². The van der Waals surface area contributed by atoms with Gasteiger partial charge < -0.3 is 14.8 Å². The van der Waals surface area contributed by atoms with Gasteiger partial charge in [-0.3, -0.25) is 0 Å². The van der Waals surface area contributed by atoms with Crippen LogP contribution in [0.2, 0.25) is 0 Å². The van der Waals surface area contributed by atoms with Gasteiger partial charge in [0.25, 0.3) is 0 Å². The zero-order chi connectivity index (χ0) is 14.0. The van der Waals surface area contributed by atoms with E-state index >= 15 is 0 Å². The molecular weight excluding hydrogens is 270 g/mol. The van der Waals surface area contributed by atoms with Crippen molar-refractivity contribution in [1.82, 2.24) is 5.32 Å². The lowest BCUT2D eigenvalue weighted by molar-refractivity contribution is -0.150. The fraction of sp³-hybridized carbons (Fsp3) is 0.750. The summed E-state index contributed by atoms with van der Waals surface area (Å²) in [4.78, 5) is 0. The van der Waals surface area contributed by atoms with E-state index < -0.39 is 0 Å². The van der Waals surface area contributed by atoms with Crippen molar-refractivity contribution in [3.05, 3.63) is 21.9 Å². The van der Waals surface area contributed by atoms with Crippen molar-refractivity contribution in [3.63, 3.8) is 0 Å². The maximum atomic E-state index is 6.17. The van der Waals surface area contributed by atoms with Gasteiger partial charge in [-0.05, 0) is 67.5 Å². The van der Waals surface area contributed by atoms with Gasteiger partial charge in [-0.2, -0.15) is 11.3 Å². The molecule has 2 saturated heterocycles. The molecule has 1 aromatic rings. The van der Waals surface area contributed by atoms with E-state index in [0.717, 1.165) is 45.5 Å². The van der Waals surface area contributed by atoms with Crippen LogP contribution in [0.1, 0.15) is 42.9 Å². The Morgan fingerprint density at radius 1 is 1.30 bits per heavy atom. The Bertz CT molecular complexity index is 434. The Kier molecular flexibility index (Phi) is 4.46. The fourth-order valence-electron chi connectivity index (χ4n) is 3.78. The van der Waals surface area contributed by atoms with Gasteiger partial charge >= 0.3 is 0 Å². The smallest absolute Gasteiger partial charge is 0.0729 e. The van der Waals surface area contributed by atoms with E-state index in [1.165, 1.54) is 11.1 Å². The van der Waals surface area contributed by atoms with Gasteiger partial charge in [0.2, 0.25) is 0 Å². The maximum absolute atomic E-state index is 6.17. The largest absolute Gasteiger partial charge is 0.381 e. The summed E-state index contributed by atoms with van der Waals surface area (Å²) in [6, 6.07) is 0.463. The third kappa shape index (κ3) is 2.80. The zero-order valence-corrected chi connectivity index (χ0v) is 13.3. The van der Waals surface area contributed by atoms with Crippen LogP contribution in [0.5, 0.6) is 0 Å². The molecule has 2 atom stereocenters. The first kappa shape index (κ1) is 14.5. The minimum absolute atomic E-state index is 0.0835. The molecule has 2 aliphatic rings. The predicted octanol–water partition coefficient (Wildman–Crippen LogP) is 3.29. The highest BCUT2D eigenvalue weighted by atomic mass is 32.1. The summed E-state index contributed by atoms with van der Waals surface area (Å²) in [6.45, 7) is 4.83. The summed E-state index contributed by atoms with van der Waals surface area (Å²) in [5.41, 5.74) is 2.98. The van der Waals surface area contributed by atoms with E-state index in [1.54, 1.807) is 0 Å². The molecule has 1 spiro atoms. The molecule has 2 unspecified atom stereocenters. The number of hydrogen-bond acceptors (Lipinski definition) is 4. The van der Waals surface area contributed by atoms with E-state index in [-0.39, 0.29) is 5.60 Å². The molecular formula is C16H25NO2S. The topological polar surface area (TPSA) is 30.5 Å². The molecule has 3 nitrogen and oxygen atoms in total. The molecule has 0 aliphatic carbocycles. The summed E-state index contributed by atoms with van der Waals surface area (Å²) in [5.74, 6) is 0.667. The normalized spacial score (nSPS) is 27.6. The van der Waals surface area contributed by atoms with Gasteiger partial charge in [0, 0.05) is 25.9 Å². The van der Waals surface area contributed by atoms with Gasteiger partial charge in [-0.15, -0.1) is 0 Å². The number of rotatable bonds is 3. The third-order valence-electron chi connectivity index (χ3n) is 4.95. The predicted molar refractivity (Wildman–Crippen MR) is 82.3 cm³/mol. The van der Waals surface area contributed by atoms with Crippen molar-refractivity contribution in [2.75, 3.05) is 26.9 Å². The van der Waals surface area contributed by atoms with Crippen molar-refractivity contribution < 1.29 is 9.47 Å². The highest BCUT2D eigenvalue weighted by molar-refractivity contribution is 7.08. The van der Waals surface area contributed by atoms with Crippen molar-refractivity contribution >= 4 is 11.3 Å². The van der Waals surface area contributed by atoms with Crippen LogP contribution < -0.4 is 5.32 Å². The second-order valence-corrected chi connectivity index (χ2v) is 6.92. The van der Waals surface area contributed by atoms with Gasteiger partial charge in [-0.1, -0.05) is 0 Å². The Morgan fingerprint density at radius 3 is 2.75 bits per heavy atom. The standard InChI is InChI=1S/C16H25NO2S/c1-12-10-20-11-14(12)15(17-2)13-3-6-19-16(9-13)4-7-18-8-5-16/h10-11,13,15,17H,3-9H2,1-2H3.